The van der Waals surface area contributed by atoms with Gasteiger partial charge < -0.3 is 5.73 Å². The first-order valence-corrected chi connectivity index (χ1v) is 4.51. The molecular formula is C8H8Cl2N2. The highest BCUT2D eigenvalue weighted by atomic mass is 35.5. The van der Waals surface area contributed by atoms with Gasteiger partial charge in [-0.25, -0.2) is 4.98 Å². The lowest BCUT2D eigenvalue weighted by atomic mass is 10.2. The van der Waals surface area contributed by atoms with Gasteiger partial charge in [0.1, 0.15) is 10.3 Å². The summed E-state index contributed by atoms with van der Waals surface area (Å²) in [5, 5.41) is 0.883. The molecule has 1 fully saturated rings. The van der Waals surface area contributed by atoms with Gasteiger partial charge in [0.15, 0.2) is 0 Å². The molecule has 2 nitrogen and oxygen atoms in total. The third kappa shape index (κ3) is 1.56. The molecule has 0 aromatic carbocycles. The number of pyridine rings is 1. The van der Waals surface area contributed by atoms with E-state index in [-0.39, 0.29) is 6.04 Å². The number of nitrogens with zero attached hydrogens (tertiary/aromatic N) is 1. The molecule has 1 saturated carbocycles. The van der Waals surface area contributed by atoms with Gasteiger partial charge in [-0.15, -0.1) is 0 Å². The molecule has 2 rings (SSSR count). The molecule has 0 bridgehead atoms. The van der Waals surface area contributed by atoms with Crippen LogP contribution in [0.1, 0.15) is 17.9 Å². The minimum atomic E-state index is 0.277. The molecule has 1 aromatic rings. The van der Waals surface area contributed by atoms with Crippen molar-refractivity contribution in [3.63, 3.8) is 0 Å². The molecule has 12 heavy (non-hydrogen) atoms. The molecule has 2 N–H and O–H groups in total. The number of aromatic nitrogens is 1. The van der Waals surface area contributed by atoms with Crippen LogP contribution < -0.4 is 5.73 Å². The summed E-state index contributed by atoms with van der Waals surface area (Å²) in [6, 6.07) is 3.93. The van der Waals surface area contributed by atoms with Crippen LogP contribution in [0.5, 0.6) is 0 Å². The van der Waals surface area contributed by atoms with E-state index in [1.807, 2.05) is 12.1 Å². The van der Waals surface area contributed by atoms with Crippen molar-refractivity contribution in [2.45, 2.75) is 18.4 Å². The Morgan fingerprint density at radius 2 is 1.83 bits per heavy atom. The highest BCUT2D eigenvalue weighted by molar-refractivity contribution is 6.32. The summed E-state index contributed by atoms with van der Waals surface area (Å²) in [6.07, 6.45) is 1.02. The summed E-state index contributed by atoms with van der Waals surface area (Å²) in [5.74, 6) is 0.433. The van der Waals surface area contributed by atoms with Crippen LogP contribution in [0.3, 0.4) is 0 Å². The Hall–Kier alpha value is -0.310. The molecule has 1 aromatic heterocycles. The van der Waals surface area contributed by atoms with Gasteiger partial charge in [0.2, 0.25) is 0 Å². The Kier molecular flexibility index (Phi) is 1.99. The maximum atomic E-state index is 5.73. The maximum absolute atomic E-state index is 5.73. The minimum absolute atomic E-state index is 0.277. The molecule has 0 unspecified atom stereocenters. The van der Waals surface area contributed by atoms with Crippen LogP contribution in [0.25, 0.3) is 0 Å². The molecule has 0 amide bonds. The summed E-state index contributed by atoms with van der Waals surface area (Å²) in [6.45, 7) is 0. The molecule has 1 aliphatic carbocycles. The van der Waals surface area contributed by atoms with E-state index < -0.39 is 0 Å². The van der Waals surface area contributed by atoms with Crippen LogP contribution in [0.4, 0.5) is 0 Å². The molecular weight excluding hydrogens is 195 g/mol. The van der Waals surface area contributed by atoms with Crippen molar-refractivity contribution in [3.05, 3.63) is 28.0 Å². The predicted octanol–water partition coefficient (Wildman–Crippen LogP) is 2.20. The van der Waals surface area contributed by atoms with Crippen LogP contribution >= 0.6 is 23.2 Å². The van der Waals surface area contributed by atoms with Crippen LogP contribution in [-0.4, -0.2) is 11.0 Å². The van der Waals surface area contributed by atoms with Gasteiger partial charge >= 0.3 is 0 Å². The summed E-state index contributed by atoms with van der Waals surface area (Å²) in [4.78, 5) is 3.86. The summed E-state index contributed by atoms with van der Waals surface area (Å²) in [5.41, 5.74) is 6.80. The molecule has 1 heterocycles. The molecule has 1 aliphatic rings. The number of halogens is 2. The molecule has 0 saturated heterocycles. The summed E-state index contributed by atoms with van der Waals surface area (Å²) >= 11 is 11.5. The second kappa shape index (κ2) is 2.87. The summed E-state index contributed by atoms with van der Waals surface area (Å²) in [7, 11) is 0. The average Bonchev–Trinajstić information content (AvgIpc) is 2.64. The first-order valence-electron chi connectivity index (χ1n) is 3.75. The zero-order valence-electron chi connectivity index (χ0n) is 6.30. The van der Waals surface area contributed by atoms with Gasteiger partial charge in [-0.1, -0.05) is 23.2 Å². The van der Waals surface area contributed by atoms with Crippen LogP contribution in [0, 0.1) is 0 Å². The van der Waals surface area contributed by atoms with E-state index in [0.29, 0.717) is 16.2 Å². The number of hydrogen-bond donors (Lipinski definition) is 1. The van der Waals surface area contributed by atoms with E-state index >= 15 is 0 Å². The van der Waals surface area contributed by atoms with E-state index in [4.69, 9.17) is 28.9 Å². The first kappa shape index (κ1) is 8.30. The Balaban J connectivity index is 2.32. The van der Waals surface area contributed by atoms with Gasteiger partial charge in [0.05, 0.1) is 0 Å². The van der Waals surface area contributed by atoms with E-state index in [9.17, 15) is 0 Å². The average molecular weight is 203 g/mol. The Bertz CT molecular complexity index is 294. The summed E-state index contributed by atoms with van der Waals surface area (Å²) < 4.78 is 0. The fourth-order valence-electron chi connectivity index (χ4n) is 1.30. The fourth-order valence-corrected chi connectivity index (χ4v) is 1.77. The molecule has 0 radical (unpaired) electrons. The highest BCUT2D eigenvalue weighted by Crippen LogP contribution is 2.40. The standard InChI is InChI=1S/C8H8Cl2N2/c9-7-1-4(2-8(10)12-7)5-3-6(5)11/h1-2,5-6H,3,11H2/t5-,6+/m0/s1. The zero-order valence-corrected chi connectivity index (χ0v) is 7.81. The van der Waals surface area contributed by atoms with Crippen molar-refractivity contribution < 1.29 is 0 Å². The zero-order chi connectivity index (χ0) is 8.72. The van der Waals surface area contributed by atoms with E-state index in [1.54, 1.807) is 0 Å². The Morgan fingerprint density at radius 1 is 1.33 bits per heavy atom. The van der Waals surface area contributed by atoms with Gasteiger partial charge in [-0.3, -0.25) is 0 Å². The van der Waals surface area contributed by atoms with Gasteiger partial charge in [0.25, 0.3) is 0 Å². The van der Waals surface area contributed by atoms with Crippen molar-refractivity contribution in [3.8, 4) is 0 Å². The van der Waals surface area contributed by atoms with Crippen molar-refractivity contribution >= 4 is 23.2 Å². The molecule has 2 atom stereocenters. The highest BCUT2D eigenvalue weighted by Gasteiger charge is 2.35. The number of nitrogens with two attached hydrogens (primary N) is 1. The number of hydrogen-bond acceptors (Lipinski definition) is 2. The largest absolute Gasteiger partial charge is 0.327 e. The SMILES string of the molecule is N[C@@H]1C[C@H]1c1cc(Cl)nc(Cl)c1. The van der Waals surface area contributed by atoms with Gasteiger partial charge in [0, 0.05) is 12.0 Å². The predicted molar refractivity (Wildman–Crippen MR) is 49.6 cm³/mol. The van der Waals surface area contributed by atoms with Gasteiger partial charge in [-0.05, 0) is 24.1 Å². The molecule has 64 valence electrons. The van der Waals surface area contributed by atoms with Crippen molar-refractivity contribution in [2.24, 2.45) is 5.73 Å². The van der Waals surface area contributed by atoms with E-state index in [1.165, 1.54) is 0 Å². The second-order valence-corrected chi connectivity index (χ2v) is 3.83. The Labute approximate surface area is 80.7 Å². The lowest BCUT2D eigenvalue weighted by Gasteiger charge is -1.99. The third-order valence-corrected chi connectivity index (χ3v) is 2.44. The van der Waals surface area contributed by atoms with Crippen molar-refractivity contribution in [1.82, 2.24) is 4.98 Å². The first-order chi connectivity index (χ1) is 5.66. The topological polar surface area (TPSA) is 38.9 Å². The second-order valence-electron chi connectivity index (χ2n) is 3.05. The normalized spacial score (nSPS) is 27.2. The molecule has 0 aliphatic heterocycles. The lowest BCUT2D eigenvalue weighted by Crippen LogP contribution is -2.01. The minimum Gasteiger partial charge on any atom is -0.327 e. The van der Waals surface area contributed by atoms with E-state index in [2.05, 4.69) is 4.98 Å². The fraction of sp³-hybridized carbons (Fsp3) is 0.375. The van der Waals surface area contributed by atoms with Crippen molar-refractivity contribution in [2.75, 3.05) is 0 Å². The third-order valence-electron chi connectivity index (χ3n) is 2.05. The van der Waals surface area contributed by atoms with Crippen molar-refractivity contribution in [1.29, 1.82) is 0 Å². The smallest absolute Gasteiger partial charge is 0.131 e. The monoisotopic (exact) mass is 202 g/mol. The van der Waals surface area contributed by atoms with Gasteiger partial charge in [-0.2, -0.15) is 0 Å². The lowest BCUT2D eigenvalue weighted by molar-refractivity contribution is 0.986. The van der Waals surface area contributed by atoms with E-state index in [0.717, 1.165) is 12.0 Å². The Morgan fingerprint density at radius 3 is 2.25 bits per heavy atom. The quantitative estimate of drug-likeness (QED) is 0.710. The maximum Gasteiger partial charge on any atom is 0.131 e. The van der Waals surface area contributed by atoms with Crippen LogP contribution in [-0.2, 0) is 0 Å². The van der Waals surface area contributed by atoms with Crippen LogP contribution in [0.2, 0.25) is 10.3 Å². The van der Waals surface area contributed by atoms with Crippen LogP contribution in [0.15, 0.2) is 12.1 Å². The molecule has 0 spiro atoms. The molecule has 4 heteroatoms. The number of rotatable bonds is 1.